The molecule has 6 nitrogen and oxygen atoms in total. The molecule has 2 aliphatic rings. The normalized spacial score (nSPS) is 18.0. The maximum Gasteiger partial charge on any atom is 0.261 e. The molecule has 2 heterocycles. The predicted octanol–water partition coefficient (Wildman–Crippen LogP) is 5.89. The van der Waals surface area contributed by atoms with Gasteiger partial charge in [0.25, 0.3) is 5.56 Å². The number of halogens is 2. The third-order valence-corrected chi connectivity index (χ3v) is 8.44. The minimum Gasteiger partial charge on any atom is -0.491 e. The third-order valence-electron chi connectivity index (χ3n) is 8.44. The van der Waals surface area contributed by atoms with Gasteiger partial charge >= 0.3 is 0 Å². The molecule has 1 saturated heterocycles. The summed E-state index contributed by atoms with van der Waals surface area (Å²) < 4.78 is 36.4. The maximum absolute atomic E-state index is 15.5. The summed E-state index contributed by atoms with van der Waals surface area (Å²) in [5.41, 5.74) is 1.83. The molecule has 1 aromatic heterocycles. The lowest BCUT2D eigenvalue weighted by molar-refractivity contribution is 0.117. The zero-order valence-electron chi connectivity index (χ0n) is 23.1. The van der Waals surface area contributed by atoms with Crippen LogP contribution in [0.3, 0.4) is 0 Å². The molecule has 3 aromatic carbocycles. The number of hydrogen-bond donors (Lipinski definition) is 1. The van der Waals surface area contributed by atoms with Crippen LogP contribution in [0.5, 0.6) is 5.75 Å². The molecule has 1 saturated carbocycles. The van der Waals surface area contributed by atoms with E-state index in [2.05, 4.69) is 4.90 Å². The molecule has 4 aromatic rings. The van der Waals surface area contributed by atoms with Crippen LogP contribution in [0.15, 0.2) is 65.5 Å². The lowest BCUT2D eigenvalue weighted by atomic mass is 9.84. The molecule has 0 amide bonds. The van der Waals surface area contributed by atoms with Crippen molar-refractivity contribution in [1.29, 1.82) is 0 Å². The van der Waals surface area contributed by atoms with Gasteiger partial charge in [-0.05, 0) is 91.6 Å². The highest BCUT2D eigenvalue weighted by Crippen LogP contribution is 2.31. The van der Waals surface area contributed by atoms with E-state index in [4.69, 9.17) is 14.8 Å². The number of aliphatic hydroxyl groups excluding tert-OH is 1. The zero-order valence-corrected chi connectivity index (χ0v) is 23.1. The van der Waals surface area contributed by atoms with Gasteiger partial charge in [0.15, 0.2) is 0 Å². The van der Waals surface area contributed by atoms with E-state index in [1.807, 2.05) is 0 Å². The second-order valence-corrected chi connectivity index (χ2v) is 11.4. The number of aromatic nitrogens is 2. The Hall–Kier alpha value is -3.62. The number of fused-ring (bicyclic) bond motifs is 1. The second-order valence-electron chi connectivity index (χ2n) is 11.4. The summed E-state index contributed by atoms with van der Waals surface area (Å²) in [5.74, 6) is 0.695. The summed E-state index contributed by atoms with van der Waals surface area (Å²) >= 11 is 0. The first-order valence-corrected chi connectivity index (χ1v) is 14.5. The Labute approximate surface area is 238 Å². The van der Waals surface area contributed by atoms with E-state index >= 15 is 4.39 Å². The number of nitrogens with zero attached hydrogens (tertiary/aromatic N) is 3. The van der Waals surface area contributed by atoms with Crippen LogP contribution in [0.4, 0.5) is 8.78 Å². The molecule has 0 radical (unpaired) electrons. The summed E-state index contributed by atoms with van der Waals surface area (Å²) in [6, 6.07) is 16.0. The minimum absolute atomic E-state index is 0.0599. The highest BCUT2D eigenvalue weighted by atomic mass is 19.1. The van der Waals surface area contributed by atoms with Gasteiger partial charge in [0.2, 0.25) is 0 Å². The predicted molar refractivity (Wildman–Crippen MR) is 156 cm³/mol. The highest BCUT2D eigenvalue weighted by molar-refractivity contribution is 5.85. The molecule has 1 aliphatic carbocycles. The van der Waals surface area contributed by atoms with Crippen molar-refractivity contribution in [3.05, 3.63) is 82.7 Å². The van der Waals surface area contributed by atoms with E-state index in [1.54, 1.807) is 47.0 Å². The number of benzene rings is 3. The summed E-state index contributed by atoms with van der Waals surface area (Å²) in [4.78, 5) is 21.5. The Balaban J connectivity index is 1.41. The quantitative estimate of drug-likeness (QED) is 0.277. The zero-order chi connectivity index (χ0) is 28.3. The molecule has 1 unspecified atom stereocenters. The molecule has 214 valence electrons. The van der Waals surface area contributed by atoms with E-state index in [0.29, 0.717) is 28.8 Å². The van der Waals surface area contributed by atoms with Crippen molar-refractivity contribution < 1.29 is 18.6 Å². The van der Waals surface area contributed by atoms with Crippen molar-refractivity contribution in [3.8, 4) is 28.3 Å². The van der Waals surface area contributed by atoms with E-state index < -0.39 is 5.82 Å². The van der Waals surface area contributed by atoms with E-state index in [1.165, 1.54) is 37.5 Å². The van der Waals surface area contributed by atoms with Gasteiger partial charge in [0, 0.05) is 25.7 Å². The van der Waals surface area contributed by atoms with Crippen molar-refractivity contribution in [1.82, 2.24) is 14.5 Å². The van der Waals surface area contributed by atoms with Crippen molar-refractivity contribution in [2.45, 2.75) is 38.6 Å². The van der Waals surface area contributed by atoms with Gasteiger partial charge in [-0.2, -0.15) is 0 Å². The van der Waals surface area contributed by atoms with Gasteiger partial charge < -0.3 is 14.7 Å². The molecule has 1 atom stereocenters. The van der Waals surface area contributed by atoms with Crippen LogP contribution in [0, 0.1) is 23.5 Å². The summed E-state index contributed by atoms with van der Waals surface area (Å²) in [6.07, 6.45) is 5.97. The van der Waals surface area contributed by atoms with Crippen LogP contribution >= 0.6 is 0 Å². The Morgan fingerprint density at radius 1 is 0.927 bits per heavy atom. The Bertz CT molecular complexity index is 1600. The standard InChI is InChI=1S/C33H35F2N3O3/c34-26-8-2-7-24(16-26)25-9-12-31-29(17-25)33(40)38(21-23-6-3-13-37(20-23)19-22-4-1-5-22)32(36-31)28-11-10-27(18-30(28)35)41-15-14-39/h2,7-12,16-18,22-23,39H,1,3-6,13-15,19-21H2. The van der Waals surface area contributed by atoms with E-state index in [9.17, 15) is 9.18 Å². The first-order chi connectivity index (χ1) is 20.0. The second kappa shape index (κ2) is 12.1. The number of piperidine rings is 1. The average molecular weight is 560 g/mol. The fourth-order valence-corrected chi connectivity index (χ4v) is 6.14. The molecule has 8 heteroatoms. The molecule has 2 fully saturated rings. The van der Waals surface area contributed by atoms with Crippen molar-refractivity contribution in [2.75, 3.05) is 32.8 Å². The van der Waals surface area contributed by atoms with Crippen molar-refractivity contribution in [2.24, 2.45) is 11.8 Å². The minimum atomic E-state index is -0.549. The van der Waals surface area contributed by atoms with E-state index in [-0.39, 0.29) is 41.9 Å². The van der Waals surface area contributed by atoms with Gasteiger partial charge in [-0.3, -0.25) is 9.36 Å². The number of rotatable bonds is 9. The smallest absolute Gasteiger partial charge is 0.261 e. The fourth-order valence-electron chi connectivity index (χ4n) is 6.14. The molecule has 6 rings (SSSR count). The largest absolute Gasteiger partial charge is 0.491 e. The topological polar surface area (TPSA) is 67.6 Å². The lowest BCUT2D eigenvalue weighted by Crippen LogP contribution is -2.42. The third kappa shape index (κ3) is 6.04. The Morgan fingerprint density at radius 3 is 2.51 bits per heavy atom. The van der Waals surface area contributed by atoms with Crippen LogP contribution in [-0.4, -0.2) is 52.4 Å². The van der Waals surface area contributed by atoms with Crippen LogP contribution in [-0.2, 0) is 6.54 Å². The summed E-state index contributed by atoms with van der Waals surface area (Å²) in [6.45, 7) is 3.40. The molecular formula is C33H35F2N3O3. The molecule has 1 N–H and O–H groups in total. The van der Waals surface area contributed by atoms with Gasteiger partial charge in [-0.15, -0.1) is 0 Å². The van der Waals surface area contributed by atoms with Crippen LogP contribution < -0.4 is 10.3 Å². The van der Waals surface area contributed by atoms with Gasteiger partial charge in [0.05, 0.1) is 23.1 Å². The maximum atomic E-state index is 15.5. The molecule has 41 heavy (non-hydrogen) atoms. The van der Waals surface area contributed by atoms with Crippen molar-refractivity contribution >= 4 is 10.9 Å². The number of ether oxygens (including phenoxy) is 1. The average Bonchev–Trinajstić information content (AvgIpc) is 2.95. The fraction of sp³-hybridized carbons (Fsp3) is 0.394. The summed E-state index contributed by atoms with van der Waals surface area (Å²) in [7, 11) is 0. The first kappa shape index (κ1) is 27.5. The molecule has 1 aliphatic heterocycles. The monoisotopic (exact) mass is 559 g/mol. The van der Waals surface area contributed by atoms with Gasteiger partial charge in [-0.1, -0.05) is 24.6 Å². The van der Waals surface area contributed by atoms with Crippen LogP contribution in [0.1, 0.15) is 32.1 Å². The molecule has 0 spiro atoms. The highest BCUT2D eigenvalue weighted by Gasteiger charge is 2.27. The van der Waals surface area contributed by atoms with Crippen LogP contribution in [0.25, 0.3) is 33.4 Å². The summed E-state index contributed by atoms with van der Waals surface area (Å²) in [5, 5.41) is 9.47. The van der Waals surface area contributed by atoms with Gasteiger partial charge in [0.1, 0.15) is 29.8 Å². The molecular weight excluding hydrogens is 524 g/mol. The lowest BCUT2D eigenvalue weighted by Gasteiger charge is -2.37. The van der Waals surface area contributed by atoms with Crippen LogP contribution in [0.2, 0.25) is 0 Å². The number of likely N-dealkylation sites (tertiary alicyclic amines) is 1. The number of aliphatic hydroxyl groups is 1. The first-order valence-electron chi connectivity index (χ1n) is 14.5. The molecule has 0 bridgehead atoms. The van der Waals surface area contributed by atoms with Crippen molar-refractivity contribution in [3.63, 3.8) is 0 Å². The Kier molecular flexibility index (Phi) is 8.12. The number of hydrogen-bond acceptors (Lipinski definition) is 5. The van der Waals surface area contributed by atoms with Gasteiger partial charge in [-0.25, -0.2) is 13.8 Å². The SMILES string of the molecule is O=c1c2cc(-c3cccc(F)c3)ccc2nc(-c2ccc(OCCO)cc2F)n1CC1CCCN(CC2CCC2)C1. The Morgan fingerprint density at radius 2 is 1.76 bits per heavy atom. The van der Waals surface area contributed by atoms with E-state index in [0.717, 1.165) is 44.0 Å².